The van der Waals surface area contributed by atoms with E-state index in [1.807, 2.05) is 19.1 Å². The molecule has 0 atom stereocenters. The van der Waals surface area contributed by atoms with Gasteiger partial charge >= 0.3 is 0 Å². The number of aromatic nitrogens is 4. The van der Waals surface area contributed by atoms with Crippen LogP contribution in [-0.4, -0.2) is 19.9 Å². The molecular formula is C14H15N5O. The molecule has 0 aromatic carbocycles. The lowest BCUT2D eigenvalue weighted by molar-refractivity contribution is 0.240. The largest absolute Gasteiger partial charge is 0.433 e. The molecule has 4 rings (SSSR count). The first kappa shape index (κ1) is 11.6. The number of nitrogens with zero attached hydrogens (tertiary/aromatic N) is 3. The molecule has 6 heteroatoms. The van der Waals surface area contributed by atoms with Crippen molar-refractivity contribution in [2.24, 2.45) is 5.73 Å². The summed E-state index contributed by atoms with van der Waals surface area (Å²) in [5, 5.41) is 0. The maximum absolute atomic E-state index is 6.25. The van der Waals surface area contributed by atoms with Crippen molar-refractivity contribution in [2.45, 2.75) is 31.7 Å². The van der Waals surface area contributed by atoms with Crippen LogP contribution in [0.25, 0.3) is 22.8 Å². The van der Waals surface area contributed by atoms with Gasteiger partial charge in [-0.1, -0.05) is 0 Å². The second kappa shape index (κ2) is 3.89. The molecule has 1 aliphatic rings. The molecule has 3 N–H and O–H groups in total. The van der Waals surface area contributed by atoms with E-state index in [-0.39, 0.29) is 5.54 Å². The molecule has 0 saturated heterocycles. The Morgan fingerprint density at radius 3 is 2.90 bits per heavy atom. The molecule has 0 bridgehead atoms. The minimum atomic E-state index is -0.306. The van der Waals surface area contributed by atoms with Crippen LogP contribution in [0.2, 0.25) is 0 Å². The number of hydrogen-bond donors (Lipinski definition) is 2. The van der Waals surface area contributed by atoms with Crippen molar-refractivity contribution >= 4 is 11.2 Å². The molecule has 1 aliphatic carbocycles. The van der Waals surface area contributed by atoms with E-state index >= 15 is 0 Å². The highest BCUT2D eigenvalue weighted by Gasteiger charge is 2.37. The number of fused-ring (bicyclic) bond motifs is 1. The number of imidazole rings is 1. The lowest BCUT2D eigenvalue weighted by atomic mass is 9.77. The van der Waals surface area contributed by atoms with Gasteiger partial charge in [0, 0.05) is 5.69 Å². The summed E-state index contributed by atoms with van der Waals surface area (Å²) in [5.41, 5.74) is 8.89. The van der Waals surface area contributed by atoms with E-state index in [4.69, 9.17) is 10.2 Å². The van der Waals surface area contributed by atoms with Gasteiger partial charge in [-0.2, -0.15) is 4.98 Å². The van der Waals surface area contributed by atoms with Crippen LogP contribution in [0.5, 0.6) is 0 Å². The van der Waals surface area contributed by atoms with Gasteiger partial charge in [0.1, 0.15) is 11.5 Å². The van der Waals surface area contributed by atoms with Crippen LogP contribution in [0.4, 0.5) is 0 Å². The number of oxazole rings is 1. The van der Waals surface area contributed by atoms with E-state index in [0.29, 0.717) is 17.1 Å². The fourth-order valence-corrected chi connectivity index (χ4v) is 2.51. The van der Waals surface area contributed by atoms with Crippen molar-refractivity contribution < 1.29 is 4.42 Å². The SMILES string of the molecule is Cc1ccc2oc(-c3cnc(C4(N)CCC4)[nH]3)nc2n1. The Hall–Kier alpha value is -2.21. The summed E-state index contributed by atoms with van der Waals surface area (Å²) in [7, 11) is 0. The van der Waals surface area contributed by atoms with Crippen LogP contribution in [0.3, 0.4) is 0 Å². The number of rotatable bonds is 2. The molecular weight excluding hydrogens is 254 g/mol. The number of aromatic amines is 1. The lowest BCUT2D eigenvalue weighted by Gasteiger charge is -2.35. The van der Waals surface area contributed by atoms with E-state index < -0.39 is 0 Å². The maximum Gasteiger partial charge on any atom is 0.247 e. The Labute approximate surface area is 115 Å². The predicted molar refractivity (Wildman–Crippen MR) is 73.8 cm³/mol. The topological polar surface area (TPSA) is 93.6 Å². The van der Waals surface area contributed by atoms with E-state index in [2.05, 4.69) is 19.9 Å². The summed E-state index contributed by atoms with van der Waals surface area (Å²) in [6, 6.07) is 3.78. The van der Waals surface area contributed by atoms with E-state index in [1.165, 1.54) is 0 Å². The van der Waals surface area contributed by atoms with E-state index in [1.54, 1.807) is 6.20 Å². The number of aryl methyl sites for hydroxylation is 1. The Balaban J connectivity index is 1.75. The van der Waals surface area contributed by atoms with Crippen molar-refractivity contribution in [1.29, 1.82) is 0 Å². The van der Waals surface area contributed by atoms with Crippen LogP contribution in [-0.2, 0) is 5.54 Å². The predicted octanol–water partition coefficient (Wildman–Crippen LogP) is 2.26. The van der Waals surface area contributed by atoms with Gasteiger partial charge in [0.25, 0.3) is 0 Å². The molecule has 0 spiro atoms. The highest BCUT2D eigenvalue weighted by atomic mass is 16.3. The molecule has 1 saturated carbocycles. The van der Waals surface area contributed by atoms with Gasteiger partial charge in [-0.05, 0) is 38.3 Å². The number of pyridine rings is 1. The molecule has 6 nitrogen and oxygen atoms in total. The van der Waals surface area contributed by atoms with Gasteiger partial charge in [0.15, 0.2) is 11.2 Å². The van der Waals surface area contributed by atoms with Crippen molar-refractivity contribution in [3.05, 3.63) is 29.8 Å². The molecule has 0 aliphatic heterocycles. The van der Waals surface area contributed by atoms with Gasteiger partial charge in [0.05, 0.1) is 11.7 Å². The Morgan fingerprint density at radius 1 is 1.30 bits per heavy atom. The first-order valence-electron chi connectivity index (χ1n) is 6.73. The standard InChI is InChI=1S/C14H15N5O/c1-8-3-4-10-11(17-8)19-12(20-10)9-7-16-13(18-9)14(15)5-2-6-14/h3-4,7H,2,5-6,15H2,1H3,(H,16,18). The quantitative estimate of drug-likeness (QED) is 0.744. The third-order valence-corrected chi connectivity index (χ3v) is 3.92. The van der Waals surface area contributed by atoms with Crippen molar-refractivity contribution in [1.82, 2.24) is 19.9 Å². The smallest absolute Gasteiger partial charge is 0.247 e. The van der Waals surface area contributed by atoms with Crippen molar-refractivity contribution in [3.63, 3.8) is 0 Å². The van der Waals surface area contributed by atoms with Crippen molar-refractivity contribution in [2.75, 3.05) is 0 Å². The Bertz CT molecular complexity index is 784. The Kier molecular flexibility index (Phi) is 2.26. The van der Waals surface area contributed by atoms with Crippen LogP contribution in [0, 0.1) is 6.92 Å². The average Bonchev–Trinajstić information content (AvgIpc) is 3.01. The summed E-state index contributed by atoms with van der Waals surface area (Å²) >= 11 is 0. The molecule has 0 unspecified atom stereocenters. The summed E-state index contributed by atoms with van der Waals surface area (Å²) in [5.74, 6) is 1.31. The zero-order valence-electron chi connectivity index (χ0n) is 11.2. The van der Waals surface area contributed by atoms with Crippen LogP contribution in [0.15, 0.2) is 22.7 Å². The highest BCUT2D eigenvalue weighted by molar-refractivity contribution is 5.71. The zero-order valence-corrected chi connectivity index (χ0v) is 11.2. The summed E-state index contributed by atoms with van der Waals surface area (Å²) in [6.45, 7) is 1.93. The normalized spacial score (nSPS) is 17.3. The van der Waals surface area contributed by atoms with Gasteiger partial charge in [-0.3, -0.25) is 0 Å². The second-order valence-corrected chi connectivity index (χ2v) is 5.45. The second-order valence-electron chi connectivity index (χ2n) is 5.45. The van der Waals surface area contributed by atoms with Gasteiger partial charge in [0.2, 0.25) is 5.89 Å². The highest BCUT2D eigenvalue weighted by Crippen LogP contribution is 2.37. The number of hydrogen-bond acceptors (Lipinski definition) is 5. The third-order valence-electron chi connectivity index (χ3n) is 3.92. The first-order chi connectivity index (χ1) is 9.64. The molecule has 3 heterocycles. The molecule has 3 aromatic heterocycles. The van der Waals surface area contributed by atoms with Crippen molar-refractivity contribution in [3.8, 4) is 11.6 Å². The number of nitrogens with one attached hydrogen (secondary N) is 1. The molecule has 1 fully saturated rings. The summed E-state index contributed by atoms with van der Waals surface area (Å²) in [6.07, 6.45) is 4.81. The average molecular weight is 269 g/mol. The van der Waals surface area contributed by atoms with Crippen LogP contribution in [0.1, 0.15) is 30.8 Å². The van der Waals surface area contributed by atoms with E-state index in [0.717, 1.165) is 36.5 Å². The summed E-state index contributed by atoms with van der Waals surface area (Å²) in [4.78, 5) is 16.3. The minimum absolute atomic E-state index is 0.306. The number of H-pyrrole nitrogens is 1. The number of nitrogens with two attached hydrogens (primary N) is 1. The van der Waals surface area contributed by atoms with Crippen LogP contribution >= 0.6 is 0 Å². The zero-order chi connectivity index (χ0) is 13.7. The third kappa shape index (κ3) is 1.65. The molecule has 20 heavy (non-hydrogen) atoms. The van der Waals surface area contributed by atoms with Gasteiger partial charge in [-0.25, -0.2) is 9.97 Å². The Morgan fingerprint density at radius 2 is 2.15 bits per heavy atom. The fourth-order valence-electron chi connectivity index (χ4n) is 2.51. The van der Waals surface area contributed by atoms with Gasteiger partial charge < -0.3 is 15.1 Å². The van der Waals surface area contributed by atoms with Crippen LogP contribution < -0.4 is 5.73 Å². The van der Waals surface area contributed by atoms with E-state index in [9.17, 15) is 0 Å². The molecule has 0 radical (unpaired) electrons. The molecule has 3 aromatic rings. The van der Waals surface area contributed by atoms with Gasteiger partial charge in [-0.15, -0.1) is 0 Å². The summed E-state index contributed by atoms with van der Waals surface area (Å²) < 4.78 is 5.70. The minimum Gasteiger partial charge on any atom is -0.433 e. The lowest BCUT2D eigenvalue weighted by Crippen LogP contribution is -2.44. The maximum atomic E-state index is 6.25. The monoisotopic (exact) mass is 269 g/mol. The fraction of sp³-hybridized carbons (Fsp3) is 0.357. The first-order valence-corrected chi connectivity index (χ1v) is 6.73. The molecule has 0 amide bonds. The molecule has 102 valence electrons.